The number of nitrogens with one attached hydrogen (secondary N) is 3. The van der Waals surface area contributed by atoms with Gasteiger partial charge in [-0.05, 0) is 41.6 Å². The summed E-state index contributed by atoms with van der Waals surface area (Å²) in [5.41, 5.74) is 5.17. The number of H-pyrrole nitrogens is 1. The van der Waals surface area contributed by atoms with Gasteiger partial charge in [0, 0.05) is 42.0 Å². The van der Waals surface area contributed by atoms with E-state index in [-0.39, 0.29) is 18.6 Å². The average Bonchev–Trinajstić information content (AvgIpc) is 3.40. The Morgan fingerprint density at radius 1 is 1.38 bits per heavy atom. The van der Waals surface area contributed by atoms with Crippen LogP contribution in [0, 0.1) is 0 Å². The molecule has 134 valence electrons. The zero-order valence-electron chi connectivity index (χ0n) is 14.4. The van der Waals surface area contributed by atoms with Crippen LogP contribution >= 0.6 is 11.3 Å². The fourth-order valence-corrected chi connectivity index (χ4v) is 3.79. The first-order valence-electron chi connectivity index (χ1n) is 8.53. The summed E-state index contributed by atoms with van der Waals surface area (Å²) in [5, 5.41) is 18.1. The number of hydrogen-bond donors (Lipinski definition) is 4. The molecule has 26 heavy (non-hydrogen) atoms. The molecule has 0 radical (unpaired) electrons. The lowest BCUT2D eigenvalue weighted by atomic mass is 10.1. The number of aliphatic hydroxyl groups is 1. The highest BCUT2D eigenvalue weighted by Crippen LogP contribution is 2.29. The molecule has 1 amide bonds. The Labute approximate surface area is 155 Å². The topological polar surface area (TPSA) is 90.0 Å². The molecular weight excluding hydrogens is 348 g/mol. The summed E-state index contributed by atoms with van der Waals surface area (Å²) in [6.07, 6.45) is 4.01. The third kappa shape index (κ3) is 3.29. The minimum absolute atomic E-state index is 0.0770. The number of pyridine rings is 1. The van der Waals surface area contributed by atoms with Gasteiger partial charge in [-0.15, -0.1) is 11.3 Å². The lowest BCUT2D eigenvalue weighted by Crippen LogP contribution is -2.34. The van der Waals surface area contributed by atoms with Gasteiger partial charge in [-0.1, -0.05) is 6.08 Å². The van der Waals surface area contributed by atoms with Crippen LogP contribution in [0.4, 0.5) is 0 Å². The standard InChI is InChI=1S/C19H20N4O2S/c1-11(9-24)22-19(25)17-6-15(10-26-17)14-4-13-5-16(12-2-3-20-7-12)23-18(13)21-8-14/h2,4-6,8,10-11,20,24H,3,7,9H2,1H3,(H,21,23)(H,22,25)/t11-/m0/s1. The van der Waals surface area contributed by atoms with Crippen molar-refractivity contribution in [3.8, 4) is 11.1 Å². The number of thiophene rings is 1. The molecule has 4 N–H and O–H groups in total. The van der Waals surface area contributed by atoms with E-state index >= 15 is 0 Å². The highest BCUT2D eigenvalue weighted by Gasteiger charge is 2.14. The van der Waals surface area contributed by atoms with Crippen LogP contribution in [0.2, 0.25) is 0 Å². The largest absolute Gasteiger partial charge is 0.394 e. The fraction of sp³-hybridized carbons (Fsp3) is 0.263. The minimum Gasteiger partial charge on any atom is -0.394 e. The molecule has 1 aliphatic rings. The highest BCUT2D eigenvalue weighted by molar-refractivity contribution is 7.12. The molecule has 7 heteroatoms. The Balaban J connectivity index is 1.59. The third-order valence-corrected chi connectivity index (χ3v) is 5.36. The predicted molar refractivity (Wildman–Crippen MR) is 104 cm³/mol. The van der Waals surface area contributed by atoms with Gasteiger partial charge in [0.15, 0.2) is 0 Å². The summed E-state index contributed by atoms with van der Waals surface area (Å²) in [5.74, 6) is -0.165. The zero-order valence-corrected chi connectivity index (χ0v) is 15.2. The fourth-order valence-electron chi connectivity index (χ4n) is 2.97. The Morgan fingerprint density at radius 2 is 2.27 bits per heavy atom. The molecule has 3 aromatic rings. The number of aliphatic hydroxyl groups excluding tert-OH is 1. The van der Waals surface area contributed by atoms with Crippen LogP contribution < -0.4 is 10.6 Å². The second-order valence-corrected chi connectivity index (χ2v) is 7.37. The second-order valence-electron chi connectivity index (χ2n) is 6.46. The first kappa shape index (κ1) is 17.0. The Hall–Kier alpha value is -2.48. The van der Waals surface area contributed by atoms with Crippen molar-refractivity contribution < 1.29 is 9.90 Å². The third-order valence-electron chi connectivity index (χ3n) is 4.43. The van der Waals surface area contributed by atoms with E-state index in [4.69, 9.17) is 5.11 Å². The van der Waals surface area contributed by atoms with E-state index in [9.17, 15) is 4.79 Å². The predicted octanol–water partition coefficient (Wildman–Crippen LogP) is 2.39. The van der Waals surface area contributed by atoms with Crippen molar-refractivity contribution in [1.29, 1.82) is 0 Å². The van der Waals surface area contributed by atoms with Crippen LogP contribution in [0.25, 0.3) is 27.7 Å². The number of nitrogens with zero attached hydrogens (tertiary/aromatic N) is 1. The number of hydrogen-bond acceptors (Lipinski definition) is 5. The SMILES string of the molecule is C[C@@H](CO)NC(=O)c1cc(-c2cnc3[nH]c(C4=CCNC4)cc3c2)cs1. The number of rotatable bonds is 5. The van der Waals surface area contributed by atoms with Gasteiger partial charge in [-0.3, -0.25) is 4.79 Å². The van der Waals surface area contributed by atoms with Gasteiger partial charge in [-0.2, -0.15) is 0 Å². The van der Waals surface area contributed by atoms with Crippen molar-refractivity contribution in [2.75, 3.05) is 19.7 Å². The summed E-state index contributed by atoms with van der Waals surface area (Å²) in [7, 11) is 0. The van der Waals surface area contributed by atoms with E-state index in [1.54, 1.807) is 6.92 Å². The van der Waals surface area contributed by atoms with E-state index in [2.05, 4.69) is 38.8 Å². The minimum atomic E-state index is -0.260. The molecule has 0 aromatic carbocycles. The normalized spacial score (nSPS) is 15.2. The summed E-state index contributed by atoms with van der Waals surface area (Å²) in [6.45, 7) is 3.46. The van der Waals surface area contributed by atoms with Crippen LogP contribution in [0.15, 0.2) is 35.9 Å². The van der Waals surface area contributed by atoms with Crippen molar-refractivity contribution in [2.45, 2.75) is 13.0 Å². The van der Waals surface area contributed by atoms with E-state index in [1.807, 2.05) is 17.6 Å². The molecule has 0 saturated carbocycles. The van der Waals surface area contributed by atoms with Crippen LogP contribution in [-0.4, -0.2) is 46.7 Å². The Kier molecular flexibility index (Phi) is 4.58. The first-order valence-corrected chi connectivity index (χ1v) is 9.41. The number of carbonyl (C=O) groups excluding carboxylic acids is 1. The van der Waals surface area contributed by atoms with Gasteiger partial charge in [0.2, 0.25) is 0 Å². The van der Waals surface area contributed by atoms with E-state index in [1.165, 1.54) is 16.9 Å². The quantitative estimate of drug-likeness (QED) is 0.557. The Bertz CT molecular complexity index is 989. The smallest absolute Gasteiger partial charge is 0.261 e. The van der Waals surface area contributed by atoms with Crippen molar-refractivity contribution in [1.82, 2.24) is 20.6 Å². The molecule has 4 heterocycles. The number of aromatic nitrogens is 2. The summed E-state index contributed by atoms with van der Waals surface area (Å²) in [6, 6.07) is 5.81. The van der Waals surface area contributed by atoms with Crippen molar-refractivity contribution in [3.05, 3.63) is 46.4 Å². The summed E-state index contributed by atoms with van der Waals surface area (Å²) in [4.78, 5) is 20.7. The molecule has 0 unspecified atom stereocenters. The van der Waals surface area contributed by atoms with Gasteiger partial charge < -0.3 is 20.7 Å². The highest BCUT2D eigenvalue weighted by atomic mass is 32.1. The monoisotopic (exact) mass is 368 g/mol. The van der Waals surface area contributed by atoms with Crippen LogP contribution in [-0.2, 0) is 0 Å². The Morgan fingerprint density at radius 3 is 3.04 bits per heavy atom. The number of aromatic amines is 1. The first-order chi connectivity index (χ1) is 12.6. The molecule has 0 bridgehead atoms. The molecule has 4 rings (SSSR count). The lowest BCUT2D eigenvalue weighted by Gasteiger charge is -2.08. The maximum Gasteiger partial charge on any atom is 0.261 e. The average molecular weight is 368 g/mol. The number of carbonyl (C=O) groups is 1. The van der Waals surface area contributed by atoms with E-state index in [0.29, 0.717) is 4.88 Å². The molecule has 6 nitrogen and oxygen atoms in total. The lowest BCUT2D eigenvalue weighted by molar-refractivity contribution is 0.0926. The van der Waals surface area contributed by atoms with Gasteiger partial charge in [-0.25, -0.2) is 4.98 Å². The number of fused-ring (bicyclic) bond motifs is 1. The number of amides is 1. The van der Waals surface area contributed by atoms with Gasteiger partial charge in [0.05, 0.1) is 11.5 Å². The molecule has 0 aliphatic carbocycles. The molecular formula is C19H20N4O2S. The molecule has 0 spiro atoms. The van der Waals surface area contributed by atoms with Crippen molar-refractivity contribution in [3.63, 3.8) is 0 Å². The molecule has 1 atom stereocenters. The van der Waals surface area contributed by atoms with E-state index in [0.717, 1.165) is 40.9 Å². The molecule has 1 aliphatic heterocycles. The maximum atomic E-state index is 12.2. The molecule has 0 fully saturated rings. The van der Waals surface area contributed by atoms with Gasteiger partial charge in [0.25, 0.3) is 5.91 Å². The van der Waals surface area contributed by atoms with Gasteiger partial charge >= 0.3 is 0 Å². The zero-order chi connectivity index (χ0) is 18.1. The van der Waals surface area contributed by atoms with E-state index < -0.39 is 0 Å². The van der Waals surface area contributed by atoms with Crippen LogP contribution in [0.5, 0.6) is 0 Å². The molecule has 0 saturated heterocycles. The maximum absolute atomic E-state index is 12.2. The van der Waals surface area contributed by atoms with Crippen LogP contribution in [0.3, 0.4) is 0 Å². The summed E-state index contributed by atoms with van der Waals surface area (Å²) < 4.78 is 0. The summed E-state index contributed by atoms with van der Waals surface area (Å²) >= 11 is 1.39. The van der Waals surface area contributed by atoms with Crippen molar-refractivity contribution >= 4 is 33.9 Å². The second kappa shape index (κ2) is 7.03. The molecule has 3 aromatic heterocycles. The van der Waals surface area contributed by atoms with Crippen LogP contribution in [0.1, 0.15) is 22.3 Å². The van der Waals surface area contributed by atoms with Gasteiger partial charge in [0.1, 0.15) is 5.65 Å². The van der Waals surface area contributed by atoms with Crippen molar-refractivity contribution in [2.24, 2.45) is 0 Å².